The van der Waals surface area contributed by atoms with Crippen LogP contribution in [0.4, 0.5) is 10.2 Å². The van der Waals surface area contributed by atoms with Gasteiger partial charge in [-0.2, -0.15) is 14.4 Å². The molecule has 1 unspecified atom stereocenters. The van der Waals surface area contributed by atoms with Gasteiger partial charge in [0.2, 0.25) is 6.79 Å². The van der Waals surface area contributed by atoms with E-state index in [1.807, 2.05) is 24.3 Å². The second kappa shape index (κ2) is 7.87. The van der Waals surface area contributed by atoms with Crippen molar-refractivity contribution in [1.29, 1.82) is 0 Å². The van der Waals surface area contributed by atoms with Gasteiger partial charge in [-0.1, -0.05) is 18.2 Å². The zero-order valence-electron chi connectivity index (χ0n) is 14.7. The van der Waals surface area contributed by atoms with Crippen LogP contribution in [0.3, 0.4) is 0 Å². The van der Waals surface area contributed by atoms with Crippen molar-refractivity contribution in [2.45, 2.75) is 18.9 Å². The minimum atomic E-state index is -0.924. The summed E-state index contributed by atoms with van der Waals surface area (Å²) in [5, 5.41) is 9.33. The lowest BCUT2D eigenvalue weighted by atomic mass is 9.96. The van der Waals surface area contributed by atoms with Crippen LogP contribution in [-0.4, -0.2) is 38.0 Å². The van der Waals surface area contributed by atoms with Gasteiger partial charge in [0.1, 0.15) is 23.8 Å². The Morgan fingerprint density at radius 3 is 2.82 bits per heavy atom. The van der Waals surface area contributed by atoms with Crippen LogP contribution < -0.4 is 5.73 Å². The maximum Gasteiger partial charge on any atom is 0.312 e. The van der Waals surface area contributed by atoms with Crippen molar-refractivity contribution >= 4 is 39.6 Å². The summed E-state index contributed by atoms with van der Waals surface area (Å²) >= 11 is 2.25. The number of benzene rings is 1. The van der Waals surface area contributed by atoms with Crippen LogP contribution in [-0.2, 0) is 16.0 Å². The molecule has 3 N–H and O–H groups in total. The summed E-state index contributed by atoms with van der Waals surface area (Å²) in [6, 6.07) is 7.82. The summed E-state index contributed by atoms with van der Waals surface area (Å²) in [5.41, 5.74) is 7.44. The number of rotatable bonds is 6. The molecule has 3 aromatic rings. The molecule has 0 spiro atoms. The van der Waals surface area contributed by atoms with Gasteiger partial charge >= 0.3 is 6.08 Å². The molecule has 0 aliphatic carbocycles. The normalized spacial score (nSPS) is 14.6. The third-order valence-corrected chi connectivity index (χ3v) is 5.40. The molecule has 0 fully saturated rings. The molecule has 2 aromatic heterocycles. The average molecular weight is 497 g/mol. The lowest BCUT2D eigenvalue weighted by Gasteiger charge is -2.20. The molecule has 0 saturated carbocycles. The standard InChI is InChI=1S/C18H17FIN5O3/c19-18-23-15(21)14-17(24-18)25(6-3-7-26)16(22-14)13(12-8-27-9-28-12)10-4-1-2-5-11(10)20/h1-2,4-5,8,13,26H,3,6-7,9H2,(H2,21,23,24). The van der Waals surface area contributed by atoms with Crippen molar-refractivity contribution in [2.75, 3.05) is 19.1 Å². The Hall–Kier alpha value is -2.47. The highest BCUT2D eigenvalue weighted by molar-refractivity contribution is 14.1. The quantitative estimate of drug-likeness (QED) is 0.398. The number of aromatic nitrogens is 4. The molecular weight excluding hydrogens is 480 g/mol. The number of imidazole rings is 1. The van der Waals surface area contributed by atoms with Crippen molar-refractivity contribution in [2.24, 2.45) is 0 Å². The Morgan fingerprint density at radius 1 is 1.29 bits per heavy atom. The second-order valence-corrected chi connectivity index (χ2v) is 7.31. The van der Waals surface area contributed by atoms with E-state index >= 15 is 0 Å². The number of halogens is 2. The molecule has 0 amide bonds. The zero-order valence-corrected chi connectivity index (χ0v) is 16.8. The minimum absolute atomic E-state index is 0.0298. The van der Waals surface area contributed by atoms with Crippen LogP contribution in [0.1, 0.15) is 23.7 Å². The van der Waals surface area contributed by atoms with Crippen molar-refractivity contribution in [3.8, 4) is 0 Å². The van der Waals surface area contributed by atoms with Gasteiger partial charge in [-0.05, 0) is 40.6 Å². The van der Waals surface area contributed by atoms with Crippen LogP contribution in [0.15, 0.2) is 36.3 Å². The fourth-order valence-electron chi connectivity index (χ4n) is 3.21. The summed E-state index contributed by atoms with van der Waals surface area (Å²) in [6.07, 6.45) is 1.07. The van der Waals surface area contributed by atoms with Gasteiger partial charge in [0, 0.05) is 16.7 Å². The number of aryl methyl sites for hydroxylation is 1. The summed E-state index contributed by atoms with van der Waals surface area (Å²) in [7, 11) is 0. The molecule has 1 atom stereocenters. The van der Waals surface area contributed by atoms with Gasteiger partial charge in [-0.25, -0.2) is 4.98 Å². The van der Waals surface area contributed by atoms with E-state index in [0.717, 1.165) is 9.13 Å². The van der Waals surface area contributed by atoms with Gasteiger partial charge in [0.05, 0.1) is 0 Å². The minimum Gasteiger partial charge on any atom is -0.462 e. The summed E-state index contributed by atoms with van der Waals surface area (Å²) < 4.78 is 27.6. The highest BCUT2D eigenvalue weighted by atomic mass is 127. The molecule has 10 heteroatoms. The number of ether oxygens (including phenoxy) is 2. The molecule has 28 heavy (non-hydrogen) atoms. The Labute approximate surface area is 173 Å². The molecule has 1 aromatic carbocycles. The first-order valence-electron chi connectivity index (χ1n) is 8.59. The molecule has 4 rings (SSSR count). The molecule has 3 heterocycles. The molecular formula is C18H17FIN5O3. The van der Waals surface area contributed by atoms with Crippen LogP contribution in [0.2, 0.25) is 0 Å². The predicted octanol–water partition coefficient (Wildman–Crippen LogP) is 2.51. The van der Waals surface area contributed by atoms with Gasteiger partial charge in [-0.15, -0.1) is 0 Å². The van der Waals surface area contributed by atoms with Crippen molar-refractivity contribution in [3.63, 3.8) is 0 Å². The Balaban J connectivity index is 1.97. The number of anilines is 1. The van der Waals surface area contributed by atoms with Crippen LogP contribution in [0.5, 0.6) is 0 Å². The van der Waals surface area contributed by atoms with Gasteiger partial charge in [0.15, 0.2) is 17.0 Å². The Morgan fingerprint density at radius 2 is 2.11 bits per heavy atom. The van der Waals surface area contributed by atoms with E-state index < -0.39 is 12.0 Å². The predicted molar refractivity (Wildman–Crippen MR) is 108 cm³/mol. The molecule has 0 saturated heterocycles. The highest BCUT2D eigenvalue weighted by Gasteiger charge is 2.31. The van der Waals surface area contributed by atoms with Crippen LogP contribution in [0, 0.1) is 9.65 Å². The van der Waals surface area contributed by atoms with Crippen LogP contribution in [0.25, 0.3) is 11.2 Å². The number of fused-ring (bicyclic) bond motifs is 1. The van der Waals surface area contributed by atoms with E-state index in [-0.39, 0.29) is 24.9 Å². The smallest absolute Gasteiger partial charge is 0.312 e. The number of aliphatic hydroxyl groups excluding tert-OH is 1. The summed E-state index contributed by atoms with van der Waals surface area (Å²) in [6.45, 7) is 0.465. The molecule has 1 aliphatic heterocycles. The molecule has 0 radical (unpaired) electrons. The second-order valence-electron chi connectivity index (χ2n) is 6.15. The Kier molecular flexibility index (Phi) is 5.31. The topological polar surface area (TPSA) is 108 Å². The molecule has 146 valence electrons. The third-order valence-electron chi connectivity index (χ3n) is 4.42. The summed E-state index contributed by atoms with van der Waals surface area (Å²) in [5.74, 6) is 0.698. The van der Waals surface area contributed by atoms with E-state index in [1.54, 1.807) is 10.8 Å². The number of aliphatic hydroxyl groups is 1. The number of nitrogens with two attached hydrogens (primary N) is 1. The Bertz CT molecular complexity index is 1060. The maximum absolute atomic E-state index is 13.8. The van der Waals surface area contributed by atoms with Gasteiger partial charge in [-0.3, -0.25) is 0 Å². The average Bonchev–Trinajstić information content (AvgIpc) is 3.31. The largest absolute Gasteiger partial charge is 0.462 e. The fourth-order valence-corrected chi connectivity index (χ4v) is 3.91. The third kappa shape index (κ3) is 3.37. The monoisotopic (exact) mass is 497 g/mol. The first kappa shape index (κ1) is 18.9. The van der Waals surface area contributed by atoms with Gasteiger partial charge < -0.3 is 24.9 Å². The fraction of sp³-hybridized carbons (Fsp3) is 0.278. The van der Waals surface area contributed by atoms with E-state index in [9.17, 15) is 9.50 Å². The number of hydrogen-bond acceptors (Lipinski definition) is 7. The number of nitrogens with zero attached hydrogens (tertiary/aromatic N) is 4. The number of nitrogen functional groups attached to an aromatic ring is 1. The SMILES string of the molecule is Nc1nc(F)nc2c1nc(C(C1=COCO1)c1ccccc1I)n2CCCO. The first-order chi connectivity index (χ1) is 13.6. The number of allylic oxidation sites excluding steroid dienone is 1. The van der Waals surface area contributed by atoms with Crippen molar-refractivity contribution in [3.05, 3.63) is 57.3 Å². The van der Waals surface area contributed by atoms with Crippen LogP contribution >= 0.6 is 22.6 Å². The highest BCUT2D eigenvalue weighted by Crippen LogP contribution is 2.38. The van der Waals surface area contributed by atoms with Gasteiger partial charge in [0.25, 0.3) is 0 Å². The first-order valence-corrected chi connectivity index (χ1v) is 9.67. The lowest BCUT2D eigenvalue weighted by molar-refractivity contribution is 0.0764. The maximum atomic E-state index is 13.8. The number of hydrogen-bond donors (Lipinski definition) is 2. The molecule has 0 bridgehead atoms. The van der Waals surface area contributed by atoms with E-state index in [4.69, 9.17) is 15.2 Å². The zero-order chi connectivity index (χ0) is 19.7. The van der Waals surface area contributed by atoms with E-state index in [2.05, 4.69) is 37.5 Å². The van der Waals surface area contributed by atoms with E-state index in [0.29, 0.717) is 30.1 Å². The van der Waals surface area contributed by atoms with Crippen molar-refractivity contribution in [1.82, 2.24) is 19.5 Å². The van der Waals surface area contributed by atoms with Crippen molar-refractivity contribution < 1.29 is 19.0 Å². The summed E-state index contributed by atoms with van der Waals surface area (Å²) in [4.78, 5) is 12.1. The molecule has 1 aliphatic rings. The molecule has 8 nitrogen and oxygen atoms in total. The van der Waals surface area contributed by atoms with E-state index in [1.165, 1.54) is 0 Å². The lowest BCUT2D eigenvalue weighted by Crippen LogP contribution is -2.15.